The van der Waals surface area contributed by atoms with E-state index in [0.717, 1.165) is 122 Å². The van der Waals surface area contributed by atoms with Gasteiger partial charge in [0, 0.05) is 39.2 Å². The molecule has 8 aliphatic rings. The van der Waals surface area contributed by atoms with Crippen LogP contribution in [-0.2, 0) is 23.9 Å². The van der Waals surface area contributed by atoms with Gasteiger partial charge in [-0.2, -0.15) is 0 Å². The molecule has 6 nitrogen and oxygen atoms in total. The Morgan fingerprint density at radius 3 is 1.40 bits per heavy atom. The molecule has 416 valence electrons. The van der Waals surface area contributed by atoms with E-state index in [9.17, 15) is 14.4 Å². The summed E-state index contributed by atoms with van der Waals surface area (Å²) in [5.74, 6) is 10.2. The molecule has 8 aliphatic carbocycles. The van der Waals surface area contributed by atoms with Crippen molar-refractivity contribution in [3.63, 3.8) is 0 Å². The summed E-state index contributed by atoms with van der Waals surface area (Å²) in [5, 5.41) is 0. The Morgan fingerprint density at radius 2 is 1.00 bits per heavy atom. The first-order valence-corrected chi connectivity index (χ1v) is 31.5. The molecule has 0 aromatic rings. The summed E-state index contributed by atoms with van der Waals surface area (Å²) >= 11 is 0. The summed E-state index contributed by atoms with van der Waals surface area (Å²) in [6.45, 7) is 29.1. The largest absolute Gasteiger partial charge is 0.462 e. The second-order valence-electron chi connectivity index (χ2n) is 27.7. The highest BCUT2D eigenvalue weighted by molar-refractivity contribution is 5.70. The minimum atomic E-state index is -0.123. The van der Waals surface area contributed by atoms with Crippen LogP contribution in [0.5, 0.6) is 0 Å². The van der Waals surface area contributed by atoms with Crippen molar-refractivity contribution < 1.29 is 23.9 Å². The Kier molecular flexibility index (Phi) is 22.1. The Bertz CT molecular complexity index is 1860. The van der Waals surface area contributed by atoms with Crippen molar-refractivity contribution in [2.45, 2.75) is 275 Å². The molecule has 0 spiro atoms. The van der Waals surface area contributed by atoms with Crippen molar-refractivity contribution in [1.82, 2.24) is 0 Å². The molecule has 0 amide bonds. The van der Waals surface area contributed by atoms with Gasteiger partial charge in [0.05, 0.1) is 0 Å². The number of fused-ring (bicyclic) bond motifs is 10. The standard InChI is InChI=1S/C33H55NO2.C32H52O3.C2H6/c1-23(2)10-9-11-24(3)28-15-16-29-27-14-13-25-22-26(36-31(35)12-7-8-21-34-6)17-19-32(25,4)30(27)18-20-33(28,29)5;1-22(2)9-8-10-23(3)27-14-15-28-26-13-12-24-21-25(35-30(34)11-6-7-20-33)16-18-31(24,4)29(26)17-19-32(27,28)5;1-2/h13,21,23-24,26-30H,7-12,14-20,22H2,1-6H3;12,20,22-23,25-29H,6-11,13-19,21H2,1-5H3;1-2H3/t24-,26+,27+,28-,29+,30+,32+,33-;23-,25+,26+,27-,28+,29+,31+,32-;/m11./s1. The number of nitrogens with zero attached hydrogens (tertiary/aromatic N) is 1. The van der Waals surface area contributed by atoms with Crippen molar-refractivity contribution in [3.05, 3.63) is 23.3 Å². The Hall–Kier alpha value is -2.24. The third-order valence-electron chi connectivity index (χ3n) is 22.7. The molecule has 6 fully saturated rings. The lowest BCUT2D eigenvalue weighted by atomic mass is 9.47. The molecule has 73 heavy (non-hydrogen) atoms. The number of allylic oxidation sites excluding steroid dienone is 2. The van der Waals surface area contributed by atoms with Gasteiger partial charge in [-0.15, -0.1) is 0 Å². The fourth-order valence-corrected chi connectivity index (χ4v) is 18.8. The first kappa shape index (κ1) is 60.0. The molecular weight excluding hydrogens is 899 g/mol. The summed E-state index contributed by atoms with van der Waals surface area (Å²) in [4.78, 5) is 39.2. The fourth-order valence-electron chi connectivity index (χ4n) is 18.8. The van der Waals surface area contributed by atoms with Crippen LogP contribution in [0.3, 0.4) is 0 Å². The molecule has 0 saturated heterocycles. The number of ether oxygens (including phenoxy) is 2. The van der Waals surface area contributed by atoms with Gasteiger partial charge < -0.3 is 19.3 Å². The average Bonchev–Trinajstić information content (AvgIpc) is 3.91. The molecule has 16 atom stereocenters. The van der Waals surface area contributed by atoms with E-state index < -0.39 is 0 Å². The van der Waals surface area contributed by atoms with Gasteiger partial charge in [-0.05, 0) is 208 Å². The Balaban J connectivity index is 0.000000230. The van der Waals surface area contributed by atoms with E-state index in [2.05, 4.69) is 86.4 Å². The van der Waals surface area contributed by atoms with Crippen LogP contribution >= 0.6 is 0 Å². The van der Waals surface area contributed by atoms with Crippen LogP contribution in [-0.4, -0.2) is 43.7 Å². The van der Waals surface area contributed by atoms with Crippen LogP contribution in [0.25, 0.3) is 0 Å². The monoisotopic (exact) mass is 1010 g/mol. The quantitative estimate of drug-likeness (QED) is 0.0399. The lowest BCUT2D eigenvalue weighted by molar-refractivity contribution is -0.152. The second-order valence-corrected chi connectivity index (χ2v) is 27.7. The summed E-state index contributed by atoms with van der Waals surface area (Å²) in [6, 6.07) is 0. The minimum Gasteiger partial charge on any atom is -0.462 e. The van der Waals surface area contributed by atoms with Gasteiger partial charge >= 0.3 is 11.9 Å². The van der Waals surface area contributed by atoms with Crippen LogP contribution in [0.15, 0.2) is 28.3 Å². The number of unbranched alkanes of at least 4 members (excludes halogenated alkanes) is 2. The smallest absolute Gasteiger partial charge is 0.306 e. The zero-order chi connectivity index (χ0) is 53.1. The summed E-state index contributed by atoms with van der Waals surface area (Å²) in [5.41, 5.74) is 4.91. The molecule has 0 radical (unpaired) electrons. The normalized spacial score (nSPS) is 38.1. The SMILES string of the molecule is CC.CC(C)CCC[C@@H](C)[C@H]1CC[C@H]2[C@@H]3CC=C4C[C@@H](OC(=O)CCCC=O)CC[C@]4(C)[C@H]3CC[C@]12C.CN=CCCCC(=O)O[C@H]1CC[C@@]2(C)C(=CC[C@H]3[C@@H]4CC[C@H]([C@H](C)CCCC(C)C)[C@@]4(C)CC[C@@H]32)C1. The van der Waals surface area contributed by atoms with E-state index in [4.69, 9.17) is 9.47 Å². The number of rotatable bonds is 20. The maximum atomic E-state index is 12.4. The number of aliphatic imine (C=N–C) groups is 1. The molecule has 0 aromatic heterocycles. The predicted octanol–water partition coefficient (Wildman–Crippen LogP) is 18.1. The first-order valence-electron chi connectivity index (χ1n) is 31.5. The fraction of sp³-hybridized carbons (Fsp3) is 0.881. The summed E-state index contributed by atoms with van der Waals surface area (Å²) in [7, 11) is 1.78. The average molecular weight is 1010 g/mol. The van der Waals surface area contributed by atoms with Gasteiger partial charge in [0.2, 0.25) is 0 Å². The van der Waals surface area contributed by atoms with E-state index >= 15 is 0 Å². The first-order chi connectivity index (χ1) is 34.9. The maximum absolute atomic E-state index is 12.4. The third-order valence-corrected chi connectivity index (χ3v) is 22.7. The van der Waals surface area contributed by atoms with Crippen LogP contribution in [0.2, 0.25) is 0 Å². The number of esters is 2. The summed E-state index contributed by atoms with van der Waals surface area (Å²) < 4.78 is 11.8. The van der Waals surface area contributed by atoms with E-state index in [1.165, 1.54) is 109 Å². The van der Waals surface area contributed by atoms with Gasteiger partial charge in [-0.3, -0.25) is 9.59 Å². The van der Waals surface area contributed by atoms with E-state index in [-0.39, 0.29) is 24.1 Å². The predicted molar refractivity (Wildman–Crippen MR) is 305 cm³/mol. The zero-order valence-corrected chi connectivity index (χ0v) is 49.7. The third kappa shape index (κ3) is 13.7. The van der Waals surface area contributed by atoms with Gasteiger partial charge in [-0.25, -0.2) is 0 Å². The molecule has 0 bridgehead atoms. The molecule has 0 heterocycles. The molecular formula is C67H113NO5. The number of aldehydes is 1. The number of carbonyl (C=O) groups excluding carboxylic acids is 3. The van der Waals surface area contributed by atoms with Crippen LogP contribution in [0, 0.1) is 92.7 Å². The number of hydrogen-bond acceptors (Lipinski definition) is 6. The van der Waals surface area contributed by atoms with Crippen molar-refractivity contribution in [3.8, 4) is 0 Å². The highest BCUT2D eigenvalue weighted by Gasteiger charge is 2.61. The van der Waals surface area contributed by atoms with Gasteiger partial charge in [0.1, 0.15) is 18.5 Å². The van der Waals surface area contributed by atoms with Crippen molar-refractivity contribution in [1.29, 1.82) is 0 Å². The van der Waals surface area contributed by atoms with Gasteiger partial charge in [0.15, 0.2) is 0 Å². The molecule has 0 N–H and O–H groups in total. The van der Waals surface area contributed by atoms with Gasteiger partial charge in [0.25, 0.3) is 0 Å². The zero-order valence-electron chi connectivity index (χ0n) is 49.7. The minimum absolute atomic E-state index is 0.0182. The van der Waals surface area contributed by atoms with Crippen LogP contribution in [0.1, 0.15) is 263 Å². The lowest BCUT2D eigenvalue weighted by Crippen LogP contribution is -2.51. The van der Waals surface area contributed by atoms with Crippen molar-refractivity contribution in [2.24, 2.45) is 97.7 Å². The van der Waals surface area contributed by atoms with Crippen LogP contribution in [0.4, 0.5) is 0 Å². The molecule has 0 aliphatic heterocycles. The molecule has 0 aromatic carbocycles. The van der Waals surface area contributed by atoms with Crippen molar-refractivity contribution >= 4 is 24.4 Å². The van der Waals surface area contributed by atoms with Crippen molar-refractivity contribution in [2.75, 3.05) is 7.05 Å². The van der Waals surface area contributed by atoms with E-state index in [1.54, 1.807) is 18.2 Å². The topological polar surface area (TPSA) is 82.0 Å². The molecule has 6 heteroatoms. The second kappa shape index (κ2) is 26.9. The highest BCUT2D eigenvalue weighted by atomic mass is 16.5. The summed E-state index contributed by atoms with van der Waals surface area (Å²) in [6.07, 6.45) is 40.4. The van der Waals surface area contributed by atoms with Gasteiger partial charge in [-0.1, -0.05) is 145 Å². The number of hydrogen-bond donors (Lipinski definition) is 0. The molecule has 6 saturated carbocycles. The lowest BCUT2D eigenvalue weighted by Gasteiger charge is -2.58. The van der Waals surface area contributed by atoms with E-state index in [0.29, 0.717) is 47.3 Å². The number of carbonyl (C=O) groups is 3. The maximum Gasteiger partial charge on any atom is 0.306 e. The van der Waals surface area contributed by atoms with Crippen LogP contribution < -0.4 is 0 Å². The Labute approximate surface area is 449 Å². The molecule has 0 unspecified atom stereocenters. The molecule has 8 rings (SSSR count). The highest BCUT2D eigenvalue weighted by Crippen LogP contribution is 2.69. The van der Waals surface area contributed by atoms with E-state index in [1.807, 2.05) is 20.1 Å². The Morgan fingerprint density at radius 1 is 0.575 bits per heavy atom.